The molecule has 9 heteroatoms. The highest BCUT2D eigenvalue weighted by molar-refractivity contribution is 5.87. The van der Waals surface area contributed by atoms with Crippen LogP contribution in [0.5, 0.6) is 0 Å². The van der Waals surface area contributed by atoms with Gasteiger partial charge in [0.1, 0.15) is 6.04 Å². The van der Waals surface area contributed by atoms with E-state index in [4.69, 9.17) is 10.8 Å². The molecule has 1 rings (SSSR count). The average Bonchev–Trinajstić information content (AvgIpc) is 2.38. The summed E-state index contributed by atoms with van der Waals surface area (Å²) in [6.07, 6.45) is -0.562. The van der Waals surface area contributed by atoms with Crippen LogP contribution < -0.4 is 16.4 Å². The lowest BCUT2D eigenvalue weighted by molar-refractivity contribution is -0.140. The van der Waals surface area contributed by atoms with Gasteiger partial charge < -0.3 is 21.5 Å². The number of carbonyl (C=O) groups excluding carboxylic acids is 2. The number of benzene rings is 1. The summed E-state index contributed by atoms with van der Waals surface area (Å²) in [7, 11) is 0. The molecule has 0 aromatic heterocycles. The predicted molar refractivity (Wildman–Crippen MR) is 67.0 cm³/mol. The molecule has 1 aromatic rings. The molecule has 21 heavy (non-hydrogen) atoms. The molecule has 114 valence electrons. The van der Waals surface area contributed by atoms with E-state index in [9.17, 15) is 23.2 Å². The minimum Gasteiger partial charge on any atom is -0.480 e. The Morgan fingerprint density at radius 3 is 2.43 bits per heavy atom. The molecule has 1 aromatic carbocycles. The highest BCUT2D eigenvalue weighted by Crippen LogP contribution is 2.08. The van der Waals surface area contributed by atoms with Crippen molar-refractivity contribution in [3.63, 3.8) is 0 Å². The Bertz CT molecular complexity index is 565. The van der Waals surface area contributed by atoms with Crippen molar-refractivity contribution in [3.8, 4) is 0 Å². The Morgan fingerprint density at radius 2 is 1.90 bits per heavy atom. The Morgan fingerprint density at radius 1 is 1.24 bits per heavy atom. The Balaban J connectivity index is 2.54. The number of carbonyl (C=O) groups is 3. The van der Waals surface area contributed by atoms with Crippen molar-refractivity contribution in [3.05, 3.63) is 35.4 Å². The van der Waals surface area contributed by atoms with Gasteiger partial charge in [0.25, 0.3) is 0 Å². The maximum Gasteiger partial charge on any atom is 0.326 e. The van der Waals surface area contributed by atoms with Gasteiger partial charge in [0, 0.05) is 6.54 Å². The average molecular weight is 301 g/mol. The number of hydrogen-bond acceptors (Lipinski definition) is 3. The number of hydrogen-bond donors (Lipinski definition) is 4. The van der Waals surface area contributed by atoms with Crippen molar-refractivity contribution in [1.82, 2.24) is 10.6 Å². The maximum atomic E-state index is 12.9. The molecule has 0 aliphatic heterocycles. The van der Waals surface area contributed by atoms with Crippen molar-refractivity contribution < 1.29 is 28.3 Å². The molecule has 0 radical (unpaired) electrons. The lowest BCUT2D eigenvalue weighted by atomic mass is 10.2. The van der Waals surface area contributed by atoms with Crippen LogP contribution in [0.15, 0.2) is 18.2 Å². The van der Waals surface area contributed by atoms with Crippen molar-refractivity contribution in [2.75, 3.05) is 0 Å². The maximum absolute atomic E-state index is 12.9. The number of rotatable bonds is 6. The van der Waals surface area contributed by atoms with Crippen molar-refractivity contribution in [2.24, 2.45) is 5.73 Å². The summed E-state index contributed by atoms with van der Waals surface area (Å²) in [6, 6.07) is 0.711. The summed E-state index contributed by atoms with van der Waals surface area (Å²) in [4.78, 5) is 32.9. The highest BCUT2D eigenvalue weighted by atomic mass is 19.2. The fourth-order valence-electron chi connectivity index (χ4n) is 1.44. The predicted octanol–water partition coefficient (Wildman–Crippen LogP) is 0.0926. The van der Waals surface area contributed by atoms with E-state index in [2.05, 4.69) is 5.32 Å². The summed E-state index contributed by atoms with van der Waals surface area (Å²) in [5.41, 5.74) is 5.13. The SMILES string of the molecule is NC(=O)C[C@H](NC(=O)NCc1ccc(F)c(F)c1)C(=O)O. The van der Waals surface area contributed by atoms with Gasteiger partial charge in [-0.3, -0.25) is 4.79 Å². The van der Waals surface area contributed by atoms with Gasteiger partial charge >= 0.3 is 12.0 Å². The van der Waals surface area contributed by atoms with E-state index in [0.29, 0.717) is 0 Å². The van der Waals surface area contributed by atoms with Crippen LogP contribution in [0.1, 0.15) is 12.0 Å². The molecular weight excluding hydrogens is 288 g/mol. The highest BCUT2D eigenvalue weighted by Gasteiger charge is 2.21. The summed E-state index contributed by atoms with van der Waals surface area (Å²) < 4.78 is 25.6. The summed E-state index contributed by atoms with van der Waals surface area (Å²) in [5.74, 6) is -4.39. The van der Waals surface area contributed by atoms with Crippen LogP contribution in [0.3, 0.4) is 0 Å². The van der Waals surface area contributed by atoms with Gasteiger partial charge in [0.2, 0.25) is 5.91 Å². The molecule has 0 aliphatic carbocycles. The molecule has 0 saturated carbocycles. The van der Waals surface area contributed by atoms with E-state index in [-0.39, 0.29) is 12.1 Å². The Hall–Kier alpha value is -2.71. The first-order chi connectivity index (χ1) is 9.79. The third kappa shape index (κ3) is 5.43. The number of halogens is 2. The summed E-state index contributed by atoms with van der Waals surface area (Å²) in [6.45, 7) is -0.147. The van der Waals surface area contributed by atoms with Crippen LogP contribution in [0, 0.1) is 11.6 Å². The number of carboxylic acid groups (broad SMARTS) is 1. The van der Waals surface area contributed by atoms with E-state index in [1.807, 2.05) is 5.32 Å². The van der Waals surface area contributed by atoms with Crippen LogP contribution in [-0.2, 0) is 16.1 Å². The first-order valence-corrected chi connectivity index (χ1v) is 5.79. The van der Waals surface area contributed by atoms with E-state index in [1.54, 1.807) is 0 Å². The van der Waals surface area contributed by atoms with E-state index in [0.717, 1.165) is 12.1 Å². The normalized spacial score (nSPS) is 11.5. The van der Waals surface area contributed by atoms with Crippen LogP contribution in [0.4, 0.5) is 13.6 Å². The largest absolute Gasteiger partial charge is 0.480 e. The number of urea groups is 1. The second kappa shape index (κ2) is 7.17. The lowest BCUT2D eigenvalue weighted by Gasteiger charge is -2.13. The molecule has 0 bridgehead atoms. The Labute approximate surface area is 118 Å². The molecule has 7 nitrogen and oxygen atoms in total. The molecule has 0 fully saturated rings. The fraction of sp³-hybridized carbons (Fsp3) is 0.250. The Kier molecular flexibility index (Phi) is 5.58. The molecule has 0 saturated heterocycles. The zero-order valence-corrected chi connectivity index (χ0v) is 10.7. The number of carboxylic acids is 1. The topological polar surface area (TPSA) is 122 Å². The van der Waals surface area contributed by atoms with Gasteiger partial charge in [0.05, 0.1) is 6.42 Å². The minimum absolute atomic E-state index is 0.147. The monoisotopic (exact) mass is 301 g/mol. The van der Waals surface area contributed by atoms with E-state index < -0.39 is 42.0 Å². The second-order valence-electron chi connectivity index (χ2n) is 4.14. The summed E-state index contributed by atoms with van der Waals surface area (Å²) in [5, 5.41) is 13.1. The van der Waals surface area contributed by atoms with Gasteiger partial charge in [-0.15, -0.1) is 0 Å². The zero-order valence-electron chi connectivity index (χ0n) is 10.7. The lowest BCUT2D eigenvalue weighted by Crippen LogP contribution is -2.47. The van der Waals surface area contributed by atoms with Crippen molar-refractivity contribution in [1.29, 1.82) is 0 Å². The van der Waals surface area contributed by atoms with E-state index >= 15 is 0 Å². The zero-order chi connectivity index (χ0) is 16.0. The van der Waals surface area contributed by atoms with Crippen LogP contribution in [0.2, 0.25) is 0 Å². The third-order valence-corrected chi connectivity index (χ3v) is 2.45. The third-order valence-electron chi connectivity index (χ3n) is 2.45. The van der Waals surface area contributed by atoms with Crippen molar-refractivity contribution in [2.45, 2.75) is 19.0 Å². The summed E-state index contributed by atoms with van der Waals surface area (Å²) >= 11 is 0. The molecule has 0 unspecified atom stereocenters. The molecule has 3 amide bonds. The first kappa shape index (κ1) is 16.3. The van der Waals surface area contributed by atoms with Crippen molar-refractivity contribution >= 4 is 17.9 Å². The number of nitrogens with one attached hydrogen (secondary N) is 2. The molecule has 0 aliphatic rings. The standard InChI is InChI=1S/C12H13F2N3O4/c13-7-2-1-6(3-8(7)14)5-16-12(21)17-9(11(19)20)4-10(15)18/h1-3,9H,4-5H2,(H2,15,18)(H,19,20)(H2,16,17,21)/t9-/m0/s1. The van der Waals surface area contributed by atoms with E-state index in [1.165, 1.54) is 6.07 Å². The number of primary amides is 1. The number of aliphatic carboxylic acids is 1. The minimum atomic E-state index is -1.47. The molecule has 5 N–H and O–H groups in total. The van der Waals surface area contributed by atoms with Gasteiger partial charge in [-0.25, -0.2) is 18.4 Å². The first-order valence-electron chi connectivity index (χ1n) is 5.79. The van der Waals surface area contributed by atoms with Crippen LogP contribution in [-0.4, -0.2) is 29.1 Å². The van der Waals surface area contributed by atoms with Crippen LogP contribution >= 0.6 is 0 Å². The number of nitrogens with two attached hydrogens (primary N) is 1. The molecule has 0 spiro atoms. The quantitative estimate of drug-likeness (QED) is 0.595. The van der Waals surface area contributed by atoms with Gasteiger partial charge in [0.15, 0.2) is 11.6 Å². The van der Waals surface area contributed by atoms with Crippen LogP contribution in [0.25, 0.3) is 0 Å². The molecule has 1 atom stereocenters. The number of amides is 3. The fourth-order valence-corrected chi connectivity index (χ4v) is 1.44. The smallest absolute Gasteiger partial charge is 0.326 e. The molecular formula is C12H13F2N3O4. The van der Waals surface area contributed by atoms with Gasteiger partial charge in [-0.05, 0) is 17.7 Å². The van der Waals surface area contributed by atoms with Gasteiger partial charge in [-0.1, -0.05) is 6.07 Å². The molecule has 0 heterocycles. The second-order valence-corrected chi connectivity index (χ2v) is 4.14. The van der Waals surface area contributed by atoms with Gasteiger partial charge in [-0.2, -0.15) is 0 Å².